The number of esters is 4. The van der Waals surface area contributed by atoms with E-state index in [2.05, 4.69) is 5.32 Å². The van der Waals surface area contributed by atoms with Crippen LogP contribution in [0.2, 0.25) is 0 Å². The second kappa shape index (κ2) is 28.0. The summed E-state index contributed by atoms with van der Waals surface area (Å²) in [4.78, 5) is 141. The maximum atomic E-state index is 16.8. The van der Waals surface area contributed by atoms with Gasteiger partial charge in [0.15, 0.2) is 40.5 Å². The summed E-state index contributed by atoms with van der Waals surface area (Å²) in [5.41, 5.74) is -13.0. The fraction of sp³-hybridized carbons (Fsp3) is 0.412. The second-order valence-electron chi connectivity index (χ2n) is 24.4. The molecule has 0 radical (unpaired) electrons. The zero-order valence-electron chi connectivity index (χ0n) is 54.6. The Labute approximate surface area is 554 Å². The third-order valence-corrected chi connectivity index (χ3v) is 18.7. The van der Waals surface area contributed by atoms with Gasteiger partial charge in [0.1, 0.15) is 48.8 Å². The first-order valence-electron chi connectivity index (χ1n) is 30.2. The molecule has 29 heteroatoms. The highest BCUT2D eigenvalue weighted by Gasteiger charge is 2.82. The summed E-state index contributed by atoms with van der Waals surface area (Å²) >= 11 is 0. The Morgan fingerprint density at radius 1 is 0.660 bits per heavy atom. The second-order valence-corrected chi connectivity index (χ2v) is 24.4. The minimum Gasteiger partial charge on any atom is -0.493 e. The number of nitro groups is 2. The number of fused-ring (bicyclic) bond motifs is 5. The smallest absolute Gasteiger partial charge is 0.493 e. The molecule has 29 nitrogen and oxygen atoms in total. The van der Waals surface area contributed by atoms with Crippen LogP contribution in [0.15, 0.2) is 126 Å². The summed E-state index contributed by atoms with van der Waals surface area (Å²) in [6.45, 7) is 6.71. The van der Waals surface area contributed by atoms with Gasteiger partial charge >= 0.3 is 36.2 Å². The van der Waals surface area contributed by atoms with Crippen LogP contribution in [0.3, 0.4) is 0 Å². The molecule has 4 aliphatic rings. The topological polar surface area (TPSA) is 375 Å². The van der Waals surface area contributed by atoms with E-state index < -0.39 is 172 Å². The molecule has 9 rings (SSSR count). The first-order valence-corrected chi connectivity index (χ1v) is 30.2. The molecular formula is C68H71N3O26. The van der Waals surface area contributed by atoms with Gasteiger partial charge in [-0.05, 0) is 73.9 Å². The third kappa shape index (κ3) is 13.3. The normalized spacial score (nSPS) is 24.9. The first kappa shape index (κ1) is 70.6. The van der Waals surface area contributed by atoms with Crippen LogP contribution in [0.25, 0.3) is 0 Å². The van der Waals surface area contributed by atoms with Crippen molar-refractivity contribution in [2.24, 2.45) is 16.7 Å². The van der Waals surface area contributed by atoms with Crippen LogP contribution in [0.4, 0.5) is 21.0 Å². The average Bonchev–Trinajstić information content (AvgIpc) is 0.658. The minimum atomic E-state index is -2.77. The molecule has 1 amide bonds. The molecule has 3 fully saturated rings. The Morgan fingerprint density at radius 3 is 1.65 bits per heavy atom. The van der Waals surface area contributed by atoms with Gasteiger partial charge < -0.3 is 72.0 Å². The Balaban J connectivity index is 1.21. The van der Waals surface area contributed by atoms with Gasteiger partial charge in [0.05, 0.1) is 85.0 Å². The predicted molar refractivity (Wildman–Crippen MR) is 333 cm³/mol. The van der Waals surface area contributed by atoms with E-state index in [1.165, 1.54) is 124 Å². The summed E-state index contributed by atoms with van der Waals surface area (Å²) in [5.74, 6) is -8.56. The molecule has 11 atom stereocenters. The number of Topliss-reactive ketones (excluding diaryl/α,β-unsaturated/α-hetero) is 1. The summed E-state index contributed by atoms with van der Waals surface area (Å²) in [5, 5.41) is 41.9. The van der Waals surface area contributed by atoms with E-state index in [1.54, 1.807) is 42.5 Å². The zero-order chi connectivity index (χ0) is 70.7. The molecule has 0 spiro atoms. The summed E-state index contributed by atoms with van der Waals surface area (Å²) in [6, 6.07) is 25.5. The molecule has 1 saturated heterocycles. The number of amides is 1. The quantitative estimate of drug-likeness (QED) is 0.0215. The number of benzene rings is 5. The van der Waals surface area contributed by atoms with Crippen molar-refractivity contribution in [3.8, 4) is 23.0 Å². The van der Waals surface area contributed by atoms with Crippen molar-refractivity contribution < 1.29 is 115 Å². The highest BCUT2D eigenvalue weighted by molar-refractivity contribution is 5.97. The van der Waals surface area contributed by atoms with Crippen molar-refractivity contribution in [1.82, 2.24) is 5.32 Å². The van der Waals surface area contributed by atoms with E-state index in [0.29, 0.717) is 0 Å². The standard InChI is InChI=1S/C68H71N3O26/c1-36-50(93-61(77)55(53(39-21-15-12-16-22-39)69-59(75)40-23-17-13-18-24-40)95-63(79)90-34-43-28-47(86-9)49(88-11)30-45(43)71(83)84)31-67(80)58(96-60(76)41-25-19-14-20-26-41)56-66(7,57(74)54(92-37(2)72)52(36)64(67,4)5)51(32-65(6)68(56,35-91-65)97-38(3)73)94-62(78)89-33-42-27-46(85-8)48(87-10)29-44(42)70(81)82/h12-30,50-51,53-56,58,80H,31-35H2,1-11H3,(H,69,75)/t50-,51-,53-,54+,55+,56-,58-,65+,66+,67+,68+/m0/s1. The van der Waals surface area contributed by atoms with Crippen LogP contribution in [0.1, 0.15) is 105 Å². The summed E-state index contributed by atoms with van der Waals surface area (Å²) in [6.07, 6.45) is -15.0. The lowest BCUT2D eigenvalue weighted by Gasteiger charge is -2.70. The van der Waals surface area contributed by atoms with Gasteiger partial charge in [0.2, 0.25) is 6.10 Å². The number of hydrogen-bond acceptors (Lipinski definition) is 26. The van der Waals surface area contributed by atoms with Crippen molar-refractivity contribution in [3.05, 3.63) is 174 Å². The van der Waals surface area contributed by atoms with Gasteiger partial charge in [0.25, 0.3) is 17.3 Å². The van der Waals surface area contributed by atoms with Crippen LogP contribution in [-0.4, -0.2) is 145 Å². The number of rotatable bonds is 22. The van der Waals surface area contributed by atoms with Crippen LogP contribution < -0.4 is 24.3 Å². The molecule has 2 N–H and O–H groups in total. The van der Waals surface area contributed by atoms with Gasteiger partial charge in [0, 0.05) is 37.7 Å². The number of carbonyl (C=O) groups is 8. The molecule has 5 aromatic carbocycles. The van der Waals surface area contributed by atoms with Crippen LogP contribution in [0, 0.1) is 37.0 Å². The minimum absolute atomic E-state index is 0.0138. The van der Waals surface area contributed by atoms with E-state index in [9.17, 15) is 49.3 Å². The summed E-state index contributed by atoms with van der Waals surface area (Å²) < 4.78 is 76.1. The van der Waals surface area contributed by atoms with Gasteiger partial charge in [-0.1, -0.05) is 80.6 Å². The molecule has 1 heterocycles. The number of carbonyl (C=O) groups excluding carboxylic acids is 8. The highest BCUT2D eigenvalue weighted by Crippen LogP contribution is 2.67. The molecule has 3 aliphatic carbocycles. The van der Waals surface area contributed by atoms with Gasteiger partial charge in [-0.3, -0.25) is 39.4 Å². The number of methoxy groups -OCH3 is 4. The Bertz CT molecular complexity index is 3960. The number of hydrogen-bond donors (Lipinski definition) is 2. The molecule has 5 aromatic rings. The SMILES string of the molecule is COc1cc(COC(=O)O[C@H]2C[C@@]3(C)OC[C@@]3(OC(C)=O)[C@H]3[C@H](OC(=O)c4ccccc4)[C@]4(O)C[C@H](OC(=O)[C@H](OC(=O)OCc5cc(OC)c(OC)cc5[N+](=O)[O-])[C@@H](NC(=O)c5ccccc5)c5ccccc5)C(C)=C([C@@H](OC(C)=O)C(=O)[C@]23C)C4(C)C)c([N+](=O)[O-])cc1OC. The highest BCUT2D eigenvalue weighted by atomic mass is 16.7. The number of ether oxygens (including phenoxy) is 13. The Kier molecular flexibility index (Phi) is 20.4. The van der Waals surface area contributed by atoms with Crippen molar-refractivity contribution in [3.63, 3.8) is 0 Å². The first-order chi connectivity index (χ1) is 45.9. The van der Waals surface area contributed by atoms with Crippen LogP contribution in [-0.2, 0) is 75.0 Å². The van der Waals surface area contributed by atoms with Crippen molar-refractivity contribution in [1.29, 1.82) is 0 Å². The van der Waals surface area contributed by atoms with E-state index in [1.807, 2.05) is 0 Å². The van der Waals surface area contributed by atoms with Gasteiger partial charge in [-0.25, -0.2) is 19.2 Å². The number of nitro benzene ring substituents is 2. The fourth-order valence-corrected chi connectivity index (χ4v) is 13.7. The number of ketones is 1. The fourth-order valence-electron chi connectivity index (χ4n) is 13.7. The molecular weight excluding hydrogens is 1270 g/mol. The lowest BCUT2D eigenvalue weighted by molar-refractivity contribution is -0.386. The van der Waals surface area contributed by atoms with Crippen LogP contribution >= 0.6 is 0 Å². The molecule has 0 aromatic heterocycles. The van der Waals surface area contributed by atoms with Gasteiger partial charge in [-0.15, -0.1) is 0 Å². The van der Waals surface area contributed by atoms with E-state index in [0.717, 1.165) is 26.0 Å². The Hall–Kier alpha value is -10.7. The Morgan fingerprint density at radius 2 is 1.16 bits per heavy atom. The maximum absolute atomic E-state index is 16.8. The number of nitrogens with one attached hydrogen (secondary N) is 1. The van der Waals surface area contributed by atoms with E-state index >= 15 is 14.4 Å². The molecule has 0 unspecified atom stereocenters. The zero-order valence-corrected chi connectivity index (χ0v) is 54.6. The molecule has 2 saturated carbocycles. The van der Waals surface area contributed by atoms with Crippen molar-refractivity contribution in [2.45, 2.75) is 128 Å². The third-order valence-electron chi connectivity index (χ3n) is 18.7. The molecule has 97 heavy (non-hydrogen) atoms. The molecule has 1 aliphatic heterocycles. The molecule has 514 valence electrons. The number of nitrogens with zero attached hydrogens (tertiary/aromatic N) is 2. The van der Waals surface area contributed by atoms with Crippen molar-refractivity contribution >= 4 is 59.3 Å². The summed E-state index contributed by atoms with van der Waals surface area (Å²) in [7, 11) is 5.04. The molecule has 2 bridgehead atoms. The number of aliphatic hydroxyl groups is 1. The maximum Gasteiger partial charge on any atom is 0.509 e. The largest absolute Gasteiger partial charge is 0.509 e. The lowest BCUT2D eigenvalue weighted by Crippen LogP contribution is -2.85. The van der Waals surface area contributed by atoms with E-state index in [-0.39, 0.29) is 62.0 Å². The lowest BCUT2D eigenvalue weighted by atomic mass is 9.42. The predicted octanol–water partition coefficient (Wildman–Crippen LogP) is 8.70. The monoisotopic (exact) mass is 1350 g/mol. The van der Waals surface area contributed by atoms with Crippen molar-refractivity contribution in [2.75, 3.05) is 35.0 Å². The average molecular weight is 1350 g/mol. The van der Waals surface area contributed by atoms with E-state index in [4.69, 9.17) is 61.6 Å². The van der Waals surface area contributed by atoms with Gasteiger partial charge in [-0.2, -0.15) is 0 Å². The van der Waals surface area contributed by atoms with Crippen LogP contribution in [0.5, 0.6) is 23.0 Å².